The maximum atomic E-state index is 5.88. The van der Waals surface area contributed by atoms with Crippen LogP contribution >= 0.6 is 0 Å². The highest BCUT2D eigenvalue weighted by Gasteiger charge is 2.13. The lowest BCUT2D eigenvalue weighted by molar-refractivity contribution is 0.613. The third-order valence-electron chi connectivity index (χ3n) is 3.85. The van der Waals surface area contributed by atoms with E-state index in [1.54, 1.807) is 0 Å². The smallest absolute Gasteiger partial charge is 0.169 e. The van der Waals surface area contributed by atoms with Crippen LogP contribution in [0.1, 0.15) is 42.1 Å². The molecule has 0 fully saturated rings. The number of aryl methyl sites for hydroxylation is 2. The average molecular weight is 256 g/mol. The van der Waals surface area contributed by atoms with Gasteiger partial charge in [0.2, 0.25) is 0 Å². The molecule has 1 aliphatic rings. The largest absolute Gasteiger partial charge is 0.381 e. The lowest BCUT2D eigenvalue weighted by Gasteiger charge is -2.08. The van der Waals surface area contributed by atoms with Gasteiger partial charge in [-0.05, 0) is 42.4 Å². The molecule has 1 aliphatic carbocycles. The predicted molar refractivity (Wildman–Crippen MR) is 76.0 cm³/mol. The quantitative estimate of drug-likeness (QED) is 0.913. The summed E-state index contributed by atoms with van der Waals surface area (Å²) in [5.74, 6) is 0.572. The average Bonchev–Trinajstić information content (AvgIpc) is 2.99. The second kappa shape index (κ2) is 5.03. The van der Waals surface area contributed by atoms with Crippen molar-refractivity contribution in [3.8, 4) is 0 Å². The van der Waals surface area contributed by atoms with Crippen LogP contribution in [-0.2, 0) is 25.8 Å². The van der Waals surface area contributed by atoms with Gasteiger partial charge in [0.1, 0.15) is 0 Å². The van der Waals surface area contributed by atoms with Gasteiger partial charge in [0, 0.05) is 0 Å². The van der Waals surface area contributed by atoms with Crippen molar-refractivity contribution in [2.24, 2.45) is 0 Å². The van der Waals surface area contributed by atoms with E-state index >= 15 is 0 Å². The van der Waals surface area contributed by atoms with Crippen molar-refractivity contribution < 1.29 is 0 Å². The summed E-state index contributed by atoms with van der Waals surface area (Å²) < 4.78 is 1.94. The van der Waals surface area contributed by atoms with Crippen LogP contribution in [0.5, 0.6) is 0 Å². The van der Waals surface area contributed by atoms with Gasteiger partial charge in [-0.2, -0.15) is 0 Å². The number of nitrogens with two attached hydrogens (primary N) is 1. The number of rotatable bonds is 4. The Bertz CT molecular complexity index is 586. The lowest BCUT2D eigenvalue weighted by Crippen LogP contribution is -2.07. The molecule has 4 nitrogen and oxygen atoms in total. The molecular weight excluding hydrogens is 236 g/mol. The minimum atomic E-state index is 0.572. The first-order valence-electron chi connectivity index (χ1n) is 7.06. The summed E-state index contributed by atoms with van der Waals surface area (Å²) in [6.07, 6.45) is 5.72. The molecule has 0 spiro atoms. The van der Waals surface area contributed by atoms with E-state index < -0.39 is 0 Å². The van der Waals surface area contributed by atoms with Crippen LogP contribution in [0.25, 0.3) is 0 Å². The molecule has 1 aromatic carbocycles. The third-order valence-corrected chi connectivity index (χ3v) is 3.85. The molecule has 2 N–H and O–H groups in total. The van der Waals surface area contributed by atoms with Crippen molar-refractivity contribution in [3.63, 3.8) is 0 Å². The van der Waals surface area contributed by atoms with Crippen molar-refractivity contribution in [2.45, 2.75) is 45.6 Å². The number of nitrogens with zero attached hydrogens (tertiary/aromatic N) is 3. The highest BCUT2D eigenvalue weighted by Crippen LogP contribution is 2.23. The molecule has 1 heterocycles. The zero-order valence-corrected chi connectivity index (χ0v) is 11.4. The van der Waals surface area contributed by atoms with Crippen molar-refractivity contribution in [3.05, 3.63) is 40.6 Å². The van der Waals surface area contributed by atoms with E-state index in [9.17, 15) is 0 Å². The monoisotopic (exact) mass is 256 g/mol. The number of hydrogen-bond acceptors (Lipinski definition) is 3. The van der Waals surface area contributed by atoms with Crippen LogP contribution < -0.4 is 5.73 Å². The highest BCUT2D eigenvalue weighted by molar-refractivity contribution is 5.37. The minimum Gasteiger partial charge on any atom is -0.381 e. The molecule has 0 saturated heterocycles. The number of nitrogen functional groups attached to an aromatic ring is 1. The van der Waals surface area contributed by atoms with Crippen molar-refractivity contribution in [1.29, 1.82) is 0 Å². The summed E-state index contributed by atoms with van der Waals surface area (Å²) in [4.78, 5) is 0. The van der Waals surface area contributed by atoms with E-state index in [4.69, 9.17) is 5.73 Å². The molecule has 0 saturated carbocycles. The van der Waals surface area contributed by atoms with Crippen LogP contribution in [0, 0.1) is 0 Å². The lowest BCUT2D eigenvalue weighted by atomic mass is 10.1. The van der Waals surface area contributed by atoms with Crippen LogP contribution in [-0.4, -0.2) is 15.0 Å². The summed E-state index contributed by atoms with van der Waals surface area (Å²) in [7, 11) is 0. The second-order valence-corrected chi connectivity index (χ2v) is 5.29. The summed E-state index contributed by atoms with van der Waals surface area (Å²) in [6, 6.07) is 6.78. The molecule has 0 unspecified atom stereocenters. The van der Waals surface area contributed by atoms with E-state index in [2.05, 4.69) is 35.4 Å². The first-order valence-corrected chi connectivity index (χ1v) is 7.06. The first-order chi connectivity index (χ1) is 9.28. The van der Waals surface area contributed by atoms with Gasteiger partial charge in [-0.15, -0.1) is 5.10 Å². The first kappa shape index (κ1) is 12.2. The molecule has 3 rings (SSSR count). The fourth-order valence-electron chi connectivity index (χ4n) is 2.86. The van der Waals surface area contributed by atoms with Gasteiger partial charge in [-0.25, -0.2) is 4.68 Å². The molecule has 0 atom stereocenters. The summed E-state index contributed by atoms with van der Waals surface area (Å²) in [5, 5.41) is 8.16. The SMILES string of the molecule is CCCc1c(N)nnn1Cc1ccc2c(c1)CCC2. The van der Waals surface area contributed by atoms with Gasteiger partial charge in [-0.3, -0.25) is 0 Å². The number of fused-ring (bicyclic) bond motifs is 1. The van der Waals surface area contributed by atoms with Gasteiger partial charge in [0.25, 0.3) is 0 Å². The Morgan fingerprint density at radius 2 is 2.11 bits per heavy atom. The minimum absolute atomic E-state index is 0.572. The molecule has 1 aromatic heterocycles. The Kier molecular flexibility index (Phi) is 3.23. The number of benzene rings is 1. The van der Waals surface area contributed by atoms with Crippen LogP contribution in [0.3, 0.4) is 0 Å². The zero-order chi connectivity index (χ0) is 13.2. The Labute approximate surface area is 113 Å². The zero-order valence-electron chi connectivity index (χ0n) is 11.4. The second-order valence-electron chi connectivity index (χ2n) is 5.29. The van der Waals surface area contributed by atoms with Crippen molar-refractivity contribution in [1.82, 2.24) is 15.0 Å². The van der Waals surface area contributed by atoms with Crippen LogP contribution in [0.15, 0.2) is 18.2 Å². The summed E-state index contributed by atoms with van der Waals surface area (Å²) in [5.41, 5.74) is 11.2. The highest BCUT2D eigenvalue weighted by atomic mass is 15.4. The molecule has 0 radical (unpaired) electrons. The Hall–Kier alpha value is -1.84. The Morgan fingerprint density at radius 3 is 2.95 bits per heavy atom. The van der Waals surface area contributed by atoms with Crippen LogP contribution in [0.2, 0.25) is 0 Å². The van der Waals surface area contributed by atoms with E-state index in [1.807, 2.05) is 4.68 Å². The number of anilines is 1. The fraction of sp³-hybridized carbons (Fsp3) is 0.467. The standard InChI is InChI=1S/C15H20N4/c1-2-4-14-15(16)17-18-19(14)10-11-7-8-12-5-3-6-13(12)9-11/h7-9H,2-6,10,16H2,1H3. The molecule has 0 aliphatic heterocycles. The summed E-state index contributed by atoms with van der Waals surface area (Å²) >= 11 is 0. The van der Waals surface area contributed by atoms with Crippen LogP contribution in [0.4, 0.5) is 5.82 Å². The summed E-state index contributed by atoms with van der Waals surface area (Å²) in [6.45, 7) is 2.92. The maximum Gasteiger partial charge on any atom is 0.169 e. The van der Waals surface area contributed by atoms with Gasteiger partial charge >= 0.3 is 0 Å². The van der Waals surface area contributed by atoms with Crippen molar-refractivity contribution >= 4 is 5.82 Å². The molecule has 0 amide bonds. The Balaban J connectivity index is 1.85. The normalized spacial score (nSPS) is 13.7. The molecule has 100 valence electrons. The molecule has 0 bridgehead atoms. The van der Waals surface area contributed by atoms with Gasteiger partial charge in [0.15, 0.2) is 5.82 Å². The van der Waals surface area contributed by atoms with Gasteiger partial charge in [-0.1, -0.05) is 36.8 Å². The molecule has 2 aromatic rings. The topological polar surface area (TPSA) is 56.7 Å². The predicted octanol–water partition coefficient (Wildman–Crippen LogP) is 2.35. The van der Waals surface area contributed by atoms with E-state index in [0.717, 1.165) is 25.1 Å². The van der Waals surface area contributed by atoms with Gasteiger partial charge in [0.05, 0.1) is 12.2 Å². The van der Waals surface area contributed by atoms with Gasteiger partial charge < -0.3 is 5.73 Å². The molecule has 4 heteroatoms. The van der Waals surface area contributed by atoms with E-state index in [1.165, 1.54) is 36.0 Å². The fourth-order valence-corrected chi connectivity index (χ4v) is 2.86. The van der Waals surface area contributed by atoms with Crippen molar-refractivity contribution in [2.75, 3.05) is 5.73 Å². The molecular formula is C15H20N4. The molecule has 19 heavy (non-hydrogen) atoms. The van der Waals surface area contributed by atoms with E-state index in [0.29, 0.717) is 5.82 Å². The van der Waals surface area contributed by atoms with E-state index in [-0.39, 0.29) is 0 Å². The Morgan fingerprint density at radius 1 is 1.26 bits per heavy atom. The third kappa shape index (κ3) is 2.35. The maximum absolute atomic E-state index is 5.88. The number of aromatic nitrogens is 3. The number of hydrogen-bond donors (Lipinski definition) is 1.